The predicted molar refractivity (Wildman–Crippen MR) is 290 cm³/mol. The zero-order valence-corrected chi connectivity index (χ0v) is 50.7. The van der Waals surface area contributed by atoms with Crippen molar-refractivity contribution in [3.05, 3.63) is 0 Å². The largest absolute Gasteiger partial charge is 0.481 e. The molecule has 0 aliphatic rings. The van der Waals surface area contributed by atoms with Gasteiger partial charge < -0.3 is 96.7 Å². The van der Waals surface area contributed by atoms with Crippen LogP contribution in [0.5, 0.6) is 0 Å². The van der Waals surface area contributed by atoms with Gasteiger partial charge in [-0.1, -0.05) is 32.6 Å². The van der Waals surface area contributed by atoms with E-state index >= 15 is 0 Å². The summed E-state index contributed by atoms with van der Waals surface area (Å²) in [5.41, 5.74) is 0. The van der Waals surface area contributed by atoms with Gasteiger partial charge in [0.2, 0.25) is 0 Å². The van der Waals surface area contributed by atoms with E-state index in [1.165, 1.54) is 19.3 Å². The zero-order valence-electron chi connectivity index (χ0n) is 50.7. The van der Waals surface area contributed by atoms with E-state index < -0.39 is 107 Å². The van der Waals surface area contributed by atoms with Crippen LogP contribution < -0.4 is 0 Å². The van der Waals surface area contributed by atoms with E-state index in [4.69, 9.17) is 183 Å². The lowest BCUT2D eigenvalue weighted by atomic mass is 10.1. The molecule has 0 rings (SSSR count). The highest BCUT2D eigenvalue weighted by Crippen LogP contribution is 2.05. The highest BCUT2D eigenvalue weighted by Gasteiger charge is 1.99. The summed E-state index contributed by atoms with van der Waals surface area (Å²) in [6.07, 6.45) is 6.52. The zero-order chi connectivity index (χ0) is 73.6. The fraction of sp³-hybridized carbons (Fsp3) is 0.587. The van der Waals surface area contributed by atoms with Crippen LogP contribution in [0, 0.1) is 0 Å². The summed E-state index contributed by atoms with van der Waals surface area (Å²) in [6, 6.07) is 0. The molecule has 0 radical (unpaired) electrons. The fourth-order valence-electron chi connectivity index (χ4n) is 1.11. The fourth-order valence-corrected chi connectivity index (χ4v) is 1.11. The molecule has 18 N–H and O–H groups in total. The highest BCUT2D eigenvalue weighted by molar-refractivity contribution is 5.69. The third-order valence-corrected chi connectivity index (χ3v) is 1.79. The molecule has 0 heterocycles. The molecule has 0 saturated carbocycles. The number of hydrogen-bond donors (Lipinski definition) is 18. The maximum Gasteiger partial charge on any atom is 0.305 e. The lowest BCUT2D eigenvalue weighted by molar-refractivity contribution is -0.143. The predicted octanol–water partition coefficient (Wildman–Crippen LogP) is 4.55. The summed E-state index contributed by atoms with van der Waals surface area (Å²) in [7, 11) is 0. The Hall–Kier alpha value is -10.1. The van der Waals surface area contributed by atoms with E-state index in [0.29, 0.717) is 13.0 Å². The molecule has 0 aliphatic heterocycles. The number of carbonyl (C=O) groups is 19. The van der Waals surface area contributed by atoms with Crippen LogP contribution in [0.3, 0.4) is 0 Å². The average molecular weight is 1250 g/mol. The van der Waals surface area contributed by atoms with Crippen LogP contribution in [0.1, 0.15) is 177 Å². The third-order valence-electron chi connectivity index (χ3n) is 1.79. The molecule has 84 heavy (non-hydrogen) atoms. The molecule has 38 heteroatoms. The second-order valence-electron chi connectivity index (χ2n) is 12.3. The van der Waals surface area contributed by atoms with Gasteiger partial charge in [-0.2, -0.15) is 0 Å². The van der Waals surface area contributed by atoms with Gasteiger partial charge in [0, 0.05) is 131 Å². The Labute approximate surface area is 484 Å². The van der Waals surface area contributed by atoms with E-state index in [2.05, 4.69) is 6.92 Å². The number of unbranched alkanes of at least 4 members (excludes halogenated alkanes) is 4. The van der Waals surface area contributed by atoms with Crippen molar-refractivity contribution in [2.24, 2.45) is 0 Å². The summed E-state index contributed by atoms with van der Waals surface area (Å²) in [4.78, 5) is 173. The van der Waals surface area contributed by atoms with Crippen molar-refractivity contribution in [1.29, 1.82) is 0 Å². The average Bonchev–Trinajstić information content (AvgIpc) is 3.11. The molecule has 504 valence electrons. The van der Waals surface area contributed by atoms with Gasteiger partial charge in [-0.25, -0.2) is 0 Å². The van der Waals surface area contributed by atoms with Gasteiger partial charge in [0.25, 0.3) is 107 Å². The number of carbonyl (C=O) groups excluding carboxylic acids is 1. The van der Waals surface area contributed by atoms with Crippen molar-refractivity contribution in [2.75, 3.05) is 6.61 Å². The number of aliphatic carboxylic acids is 18. The van der Waals surface area contributed by atoms with Crippen molar-refractivity contribution in [3.8, 4) is 0 Å². The summed E-state index contributed by atoms with van der Waals surface area (Å²) in [5.74, 6) is -15.0. The second-order valence-corrected chi connectivity index (χ2v) is 12.3. The smallest absolute Gasteiger partial charge is 0.305 e. The quantitative estimate of drug-likeness (QED) is 0.123. The lowest BCUT2D eigenvalue weighted by Gasteiger charge is -2.00. The maximum atomic E-state index is 10.9. The van der Waals surface area contributed by atoms with Crippen molar-refractivity contribution >= 4 is 113 Å². The minimum absolute atomic E-state index is 0.0472. The van der Waals surface area contributed by atoms with Crippen LogP contribution in [-0.4, -0.2) is 212 Å². The van der Waals surface area contributed by atoms with Gasteiger partial charge >= 0.3 is 5.97 Å². The maximum absolute atomic E-state index is 10.9. The van der Waals surface area contributed by atoms with Gasteiger partial charge in [-0.15, -0.1) is 0 Å². The number of carboxylic acid groups (broad SMARTS) is 18. The Bertz CT molecular complexity index is 1180. The standard InChI is InChI=1S/C10H20O2.18C2H4O2/c1-3-5-6-7-8-9-10(11)12-4-2;18*1-2(3)4/h3-9H2,1-2H3;18*1H3,(H,3,4). The molecule has 0 aromatic carbocycles. The van der Waals surface area contributed by atoms with Gasteiger partial charge in [-0.05, 0) is 13.3 Å². The molecule has 0 amide bonds. The number of carboxylic acids is 18. The first-order chi connectivity index (χ1) is 37.0. The number of hydrogen-bond acceptors (Lipinski definition) is 20. The molecular weight excluding hydrogens is 1160 g/mol. The topological polar surface area (TPSA) is 698 Å². The Balaban J connectivity index is -0.0000000317. The van der Waals surface area contributed by atoms with Crippen LogP contribution in [0.15, 0.2) is 0 Å². The molecule has 0 unspecified atom stereocenters. The molecule has 0 bridgehead atoms. The van der Waals surface area contributed by atoms with Gasteiger partial charge in [0.1, 0.15) is 0 Å². The van der Waals surface area contributed by atoms with Crippen molar-refractivity contribution < 1.29 is 188 Å². The molecule has 38 nitrogen and oxygen atoms in total. The van der Waals surface area contributed by atoms with Crippen molar-refractivity contribution in [2.45, 2.75) is 177 Å². The Morgan fingerprint density at radius 1 is 0.202 bits per heavy atom. The van der Waals surface area contributed by atoms with Gasteiger partial charge in [0.05, 0.1) is 6.61 Å². The molecule has 0 aromatic rings. The SMILES string of the molecule is CC(=O)O.CC(=O)O.CC(=O)O.CC(=O)O.CC(=O)O.CC(=O)O.CC(=O)O.CC(=O)O.CC(=O)O.CC(=O)O.CC(=O)O.CC(=O)O.CC(=O)O.CC(=O)O.CC(=O)O.CC(=O)O.CC(=O)O.CC(=O)O.CCCCCCCC(=O)OCC. The van der Waals surface area contributed by atoms with Crippen molar-refractivity contribution in [3.63, 3.8) is 0 Å². The van der Waals surface area contributed by atoms with Crippen LogP contribution in [0.2, 0.25) is 0 Å². The Kier molecular flexibility index (Phi) is 194. The van der Waals surface area contributed by atoms with Crippen molar-refractivity contribution in [1.82, 2.24) is 0 Å². The van der Waals surface area contributed by atoms with E-state index in [-0.39, 0.29) is 5.97 Å². The first-order valence-corrected chi connectivity index (χ1v) is 21.7. The van der Waals surface area contributed by atoms with E-state index in [1.54, 1.807) is 0 Å². The van der Waals surface area contributed by atoms with Gasteiger partial charge in [0.15, 0.2) is 0 Å². The lowest BCUT2D eigenvalue weighted by Crippen LogP contribution is -2.02. The minimum Gasteiger partial charge on any atom is -0.481 e. The molecule has 0 fully saturated rings. The summed E-state index contributed by atoms with van der Waals surface area (Å²) < 4.78 is 4.81. The Morgan fingerprint density at radius 3 is 0.381 bits per heavy atom. The van der Waals surface area contributed by atoms with Crippen LogP contribution >= 0.6 is 0 Å². The van der Waals surface area contributed by atoms with E-state index in [0.717, 1.165) is 137 Å². The molecule has 0 atom stereocenters. The van der Waals surface area contributed by atoms with Crippen LogP contribution in [0.4, 0.5) is 0 Å². The van der Waals surface area contributed by atoms with Crippen LogP contribution in [-0.2, 0) is 95.8 Å². The minimum atomic E-state index is -0.833. The Morgan fingerprint density at radius 2 is 0.298 bits per heavy atom. The number of rotatable bonds is 7. The normalized spacial score (nSPS) is 6.76. The molecule has 0 saturated heterocycles. The van der Waals surface area contributed by atoms with E-state index in [9.17, 15) is 4.79 Å². The highest BCUT2D eigenvalue weighted by atomic mass is 16.5. The van der Waals surface area contributed by atoms with E-state index in [1.807, 2.05) is 6.92 Å². The summed E-state index contributed by atoms with van der Waals surface area (Å²) in [6.45, 7) is 24.0. The van der Waals surface area contributed by atoms with Crippen LogP contribution in [0.25, 0.3) is 0 Å². The first-order valence-electron chi connectivity index (χ1n) is 21.7. The molecule has 0 aromatic heterocycles. The van der Waals surface area contributed by atoms with Gasteiger partial charge in [-0.3, -0.25) is 91.1 Å². The molecular formula is C46H92O38. The summed E-state index contributed by atoms with van der Waals surface area (Å²) in [5, 5.41) is 134. The summed E-state index contributed by atoms with van der Waals surface area (Å²) >= 11 is 0. The monoisotopic (exact) mass is 1250 g/mol. The number of esters is 1. The second kappa shape index (κ2) is 125. The first kappa shape index (κ1) is 130. The molecule has 0 spiro atoms. The number of ether oxygens (including phenoxy) is 1. The molecule has 0 aliphatic carbocycles. The third kappa shape index (κ3) is 73900000.